The van der Waals surface area contributed by atoms with Crippen molar-refractivity contribution >= 4 is 25.0 Å². The summed E-state index contributed by atoms with van der Waals surface area (Å²) in [6, 6.07) is 0. The van der Waals surface area contributed by atoms with Crippen LogP contribution in [0.3, 0.4) is 0 Å². The lowest BCUT2D eigenvalue weighted by molar-refractivity contribution is 1.97. The van der Waals surface area contributed by atoms with Crippen molar-refractivity contribution in [2.45, 2.75) is 0 Å². The van der Waals surface area contributed by atoms with E-state index in [-0.39, 0.29) is 0 Å². The van der Waals surface area contributed by atoms with Crippen LogP contribution in [-0.2, 0) is 0 Å². The van der Waals surface area contributed by atoms with Crippen molar-refractivity contribution in [2.75, 3.05) is 0 Å². The number of hydrogen-bond donors (Lipinski definition) is 1. The molecule has 0 aromatic carbocycles. The molecule has 0 bridgehead atoms. The third-order valence-electron chi connectivity index (χ3n) is 0.183. The van der Waals surface area contributed by atoms with E-state index in [1.54, 1.807) is 0 Å². The summed E-state index contributed by atoms with van der Waals surface area (Å²) in [6.45, 7) is 3.70. The van der Waals surface area contributed by atoms with Crippen molar-refractivity contribution in [1.29, 1.82) is 0 Å². The fourth-order valence-corrected chi connectivity index (χ4v) is 0.150. The lowest BCUT2D eigenvalue weighted by atomic mass is 10.4. The second-order valence-corrected chi connectivity index (χ2v) is 0.740. The summed E-state index contributed by atoms with van der Waals surface area (Å²) in [6.07, 6.45) is 0. The molecule has 3 heteroatoms. The number of thiol groups is 1. The highest BCUT2D eigenvalue weighted by atomic mass is 32.1. The molecule has 0 rings (SSSR count). The molecule has 0 N–H and O–H groups in total. The fraction of sp³-hybridized carbons (Fsp3) is 0. The van der Waals surface area contributed by atoms with Gasteiger partial charge in [0.15, 0.2) is 0 Å². The summed E-state index contributed by atoms with van der Waals surface area (Å²) in [7, 11) is 0. The fourth-order valence-electron chi connectivity index (χ4n) is 0.0500. The molecule has 0 aliphatic rings. The molecule has 26 valence electrons. The van der Waals surface area contributed by atoms with Crippen molar-refractivity contribution in [3.63, 3.8) is 0 Å². The molecular formula is C2H4BNS. The van der Waals surface area contributed by atoms with E-state index in [1.165, 1.54) is 0 Å². The van der Waals surface area contributed by atoms with Gasteiger partial charge in [0, 0.05) is 0 Å². The van der Waals surface area contributed by atoms with Crippen molar-refractivity contribution in [1.82, 2.24) is 0 Å². The van der Waals surface area contributed by atoms with E-state index in [0.717, 1.165) is 0 Å². The van der Waals surface area contributed by atoms with Crippen LogP contribution in [0.2, 0.25) is 0 Å². The van der Waals surface area contributed by atoms with Crippen molar-refractivity contribution < 1.29 is 0 Å². The Morgan fingerprint density at radius 2 is 2.60 bits per heavy atom. The summed E-state index contributed by atoms with van der Waals surface area (Å²) in [5.41, 5.74) is 0. The quantitative estimate of drug-likeness (QED) is 0.262. The highest BCUT2D eigenvalue weighted by Gasteiger charge is 1.57. The molecular weight excluding hydrogens is 80.9 g/mol. The Balaban J connectivity index is 2.93. The molecule has 0 aromatic rings. The first kappa shape index (κ1) is 4.86. The monoisotopic (exact) mass is 85.0 g/mol. The molecule has 0 spiro atoms. The second kappa shape index (κ2) is 3.86. The molecule has 0 heterocycles. The molecule has 1 nitrogen and oxygen atoms in total. The van der Waals surface area contributed by atoms with Gasteiger partial charge in [-0.15, -0.1) is 0 Å². The van der Waals surface area contributed by atoms with E-state index < -0.39 is 0 Å². The highest BCUT2D eigenvalue weighted by molar-refractivity contribution is 8.06. The first-order valence-corrected chi connectivity index (χ1v) is 1.84. The van der Waals surface area contributed by atoms with Crippen LogP contribution in [0.15, 0.2) is 11.5 Å². The maximum Gasteiger partial charge on any atom is 0.335 e. The van der Waals surface area contributed by atoms with Crippen LogP contribution >= 0.6 is 12.5 Å². The minimum Gasteiger partial charge on any atom is -0.295 e. The molecule has 0 saturated heterocycles. The van der Waals surface area contributed by atoms with Gasteiger partial charge in [-0.05, 0) is 12.4 Å². The van der Waals surface area contributed by atoms with Crippen LogP contribution in [0.5, 0.6) is 0 Å². The van der Waals surface area contributed by atoms with Crippen LogP contribution in [0, 0.1) is 0 Å². The van der Waals surface area contributed by atoms with E-state index in [0.29, 0.717) is 6.69 Å². The zero-order valence-electron chi connectivity index (χ0n) is 2.81. The van der Waals surface area contributed by atoms with E-state index >= 15 is 0 Å². The first-order valence-electron chi connectivity index (χ1n) is 1.21. The van der Waals surface area contributed by atoms with Crippen LogP contribution < -0.4 is 0 Å². The molecule has 0 amide bonds. The largest absolute Gasteiger partial charge is 0.335 e. The molecule has 0 aromatic heterocycles. The molecule has 5 heavy (non-hydrogen) atoms. The van der Waals surface area contributed by atoms with Crippen LogP contribution in [0.1, 0.15) is 0 Å². The van der Waals surface area contributed by atoms with Crippen LogP contribution in [0.4, 0.5) is 0 Å². The Kier molecular flexibility index (Phi) is 3.76. The lowest BCUT2D eigenvalue weighted by Gasteiger charge is -1.57. The Labute approximate surface area is 37.4 Å². The van der Waals surface area contributed by atoms with E-state index in [9.17, 15) is 0 Å². The smallest absolute Gasteiger partial charge is 0.295 e. The Hall–Kier alpha value is -0.135. The molecule has 0 unspecified atom stereocenters. The number of hydrogen-bond acceptors (Lipinski definition) is 2. The first-order chi connectivity index (χ1) is 2.41. The Morgan fingerprint density at radius 1 is 2.00 bits per heavy atom. The normalized spacial score (nSPS) is 5.00. The van der Waals surface area contributed by atoms with Gasteiger partial charge in [-0.1, -0.05) is 0 Å². The van der Waals surface area contributed by atoms with E-state index in [2.05, 4.69) is 29.8 Å². The summed E-state index contributed by atoms with van der Waals surface area (Å²) in [5, 5.41) is 0. The number of rotatable bonds is 1. The highest BCUT2D eigenvalue weighted by Crippen LogP contribution is 1.60. The SMILES string of the molecule is C=C=NBS. The summed E-state index contributed by atoms with van der Waals surface area (Å²) in [5.74, 6) is 2.32. The van der Waals surface area contributed by atoms with Crippen molar-refractivity contribution in [3.05, 3.63) is 6.58 Å². The van der Waals surface area contributed by atoms with Gasteiger partial charge in [0.25, 0.3) is 0 Å². The molecule has 0 fully saturated rings. The van der Waals surface area contributed by atoms with Crippen molar-refractivity contribution in [2.24, 2.45) is 4.90 Å². The third-order valence-corrected chi connectivity index (χ3v) is 0.324. The van der Waals surface area contributed by atoms with Gasteiger partial charge in [-0.25, -0.2) is 12.5 Å². The molecule has 0 saturated carbocycles. The summed E-state index contributed by atoms with van der Waals surface area (Å²) >= 11 is 3.73. The van der Waals surface area contributed by atoms with Gasteiger partial charge in [0.1, 0.15) is 0 Å². The van der Waals surface area contributed by atoms with Gasteiger partial charge < -0.3 is 0 Å². The number of nitrogens with zero attached hydrogens (tertiary/aromatic N) is 1. The Bertz CT molecular complexity index is 56.7. The van der Waals surface area contributed by atoms with Gasteiger partial charge in [0.2, 0.25) is 0 Å². The van der Waals surface area contributed by atoms with Gasteiger partial charge in [0.05, 0.1) is 0 Å². The lowest BCUT2D eigenvalue weighted by Crippen LogP contribution is -1.60. The minimum absolute atomic E-state index is 0.490. The molecule has 0 radical (unpaired) electrons. The van der Waals surface area contributed by atoms with Gasteiger partial charge in [-0.3, -0.25) is 4.90 Å². The predicted molar refractivity (Wildman–Crippen MR) is 29.2 cm³/mol. The zero-order chi connectivity index (χ0) is 4.12. The minimum atomic E-state index is 0.490. The standard InChI is InChI=1S/C2H4BNS/c1-2-4-3-5/h3,5H,1H2. The van der Waals surface area contributed by atoms with Crippen LogP contribution in [-0.4, -0.2) is 12.6 Å². The topological polar surface area (TPSA) is 12.4 Å². The van der Waals surface area contributed by atoms with E-state index in [1.807, 2.05) is 0 Å². The van der Waals surface area contributed by atoms with Gasteiger partial charge in [-0.2, -0.15) is 0 Å². The predicted octanol–water partition coefficient (Wildman–Crippen LogP) is 0.0384. The summed E-state index contributed by atoms with van der Waals surface area (Å²) < 4.78 is 0. The molecule has 0 aliphatic carbocycles. The Morgan fingerprint density at radius 3 is 2.60 bits per heavy atom. The second-order valence-electron chi connectivity index (χ2n) is 0.458. The third kappa shape index (κ3) is 3.86. The average molecular weight is 84.9 g/mol. The average Bonchev–Trinajstić information content (AvgIpc) is 1.41. The summed E-state index contributed by atoms with van der Waals surface area (Å²) in [4.78, 5) is 3.48. The maximum atomic E-state index is 3.73. The zero-order valence-corrected chi connectivity index (χ0v) is 3.70. The molecule has 0 aliphatic heterocycles. The van der Waals surface area contributed by atoms with Crippen molar-refractivity contribution in [3.8, 4) is 0 Å². The molecule has 0 atom stereocenters. The maximum absolute atomic E-state index is 3.73. The van der Waals surface area contributed by atoms with Crippen LogP contribution in [0.25, 0.3) is 0 Å². The van der Waals surface area contributed by atoms with E-state index in [4.69, 9.17) is 0 Å². The van der Waals surface area contributed by atoms with Gasteiger partial charge >= 0.3 is 6.69 Å².